The summed E-state index contributed by atoms with van der Waals surface area (Å²) in [6.07, 6.45) is 3.37. The van der Waals surface area contributed by atoms with Gasteiger partial charge in [-0.25, -0.2) is 0 Å². The lowest BCUT2D eigenvalue weighted by Crippen LogP contribution is -1.95. The molecule has 2 nitrogen and oxygen atoms in total. The molecular formula is C17H16O2. The Morgan fingerprint density at radius 1 is 1.05 bits per heavy atom. The molecule has 0 fully saturated rings. The smallest absolute Gasteiger partial charge is 0.185 e. The molecule has 2 rings (SSSR count). The van der Waals surface area contributed by atoms with Crippen LogP contribution in [0.3, 0.4) is 0 Å². The average Bonchev–Trinajstić information content (AvgIpc) is 2.47. The average molecular weight is 252 g/mol. The minimum Gasteiger partial charge on any atom is -0.493 e. The molecule has 0 saturated carbocycles. The van der Waals surface area contributed by atoms with E-state index in [1.807, 2.05) is 49.4 Å². The van der Waals surface area contributed by atoms with Gasteiger partial charge in [-0.1, -0.05) is 48.5 Å². The van der Waals surface area contributed by atoms with Gasteiger partial charge in [0, 0.05) is 11.1 Å². The topological polar surface area (TPSA) is 26.3 Å². The summed E-state index contributed by atoms with van der Waals surface area (Å²) >= 11 is 0. The first-order valence-corrected chi connectivity index (χ1v) is 6.30. The van der Waals surface area contributed by atoms with Crippen LogP contribution in [0.4, 0.5) is 0 Å². The number of carbonyl (C=O) groups excluding carboxylic acids is 1. The first-order chi connectivity index (χ1) is 9.31. The Hall–Kier alpha value is -2.35. The molecule has 0 amide bonds. The van der Waals surface area contributed by atoms with Crippen molar-refractivity contribution in [2.24, 2.45) is 0 Å². The van der Waals surface area contributed by atoms with Crippen LogP contribution in [-0.2, 0) is 0 Å². The molecule has 0 aliphatic rings. The van der Waals surface area contributed by atoms with Crippen molar-refractivity contribution >= 4 is 11.9 Å². The van der Waals surface area contributed by atoms with Crippen LogP contribution in [0.15, 0.2) is 60.7 Å². The highest BCUT2D eigenvalue weighted by Gasteiger charge is 2.02. The highest BCUT2D eigenvalue weighted by atomic mass is 16.5. The summed E-state index contributed by atoms with van der Waals surface area (Å²) in [5.74, 6) is 0.786. The van der Waals surface area contributed by atoms with Gasteiger partial charge in [-0.15, -0.1) is 0 Å². The third-order valence-corrected chi connectivity index (χ3v) is 2.69. The molecule has 0 saturated heterocycles. The number of para-hydroxylation sites is 1. The van der Waals surface area contributed by atoms with Crippen LogP contribution < -0.4 is 4.74 Å². The van der Waals surface area contributed by atoms with Crippen LogP contribution >= 0.6 is 0 Å². The maximum atomic E-state index is 12.0. The number of rotatable bonds is 5. The third kappa shape index (κ3) is 3.55. The van der Waals surface area contributed by atoms with Crippen LogP contribution in [0, 0.1) is 0 Å². The van der Waals surface area contributed by atoms with E-state index in [1.165, 1.54) is 0 Å². The second kappa shape index (κ2) is 6.55. The summed E-state index contributed by atoms with van der Waals surface area (Å²) in [6.45, 7) is 2.55. The quantitative estimate of drug-likeness (QED) is 0.594. The lowest BCUT2D eigenvalue weighted by atomic mass is 10.1. The second-order valence-corrected chi connectivity index (χ2v) is 4.03. The van der Waals surface area contributed by atoms with E-state index >= 15 is 0 Å². The van der Waals surface area contributed by atoms with Crippen LogP contribution in [0.2, 0.25) is 0 Å². The molecule has 0 N–H and O–H groups in total. The summed E-state index contributed by atoms with van der Waals surface area (Å²) < 4.78 is 5.51. The summed E-state index contributed by atoms with van der Waals surface area (Å²) in [5.41, 5.74) is 1.60. The van der Waals surface area contributed by atoms with Crippen LogP contribution in [-0.4, -0.2) is 12.4 Å². The van der Waals surface area contributed by atoms with Gasteiger partial charge in [-0.2, -0.15) is 0 Å². The summed E-state index contributed by atoms with van der Waals surface area (Å²) in [5, 5.41) is 0. The zero-order valence-corrected chi connectivity index (χ0v) is 10.9. The zero-order valence-electron chi connectivity index (χ0n) is 10.9. The second-order valence-electron chi connectivity index (χ2n) is 4.03. The minimum absolute atomic E-state index is 0.00750. The van der Waals surface area contributed by atoms with Gasteiger partial charge in [-0.3, -0.25) is 4.79 Å². The van der Waals surface area contributed by atoms with Crippen molar-refractivity contribution in [3.05, 3.63) is 71.8 Å². The number of benzene rings is 2. The van der Waals surface area contributed by atoms with E-state index in [1.54, 1.807) is 24.3 Å². The fourth-order valence-corrected chi connectivity index (χ4v) is 1.77. The Kier molecular flexibility index (Phi) is 4.51. The molecular weight excluding hydrogens is 236 g/mol. The molecule has 0 aliphatic heterocycles. The summed E-state index contributed by atoms with van der Waals surface area (Å²) in [7, 11) is 0. The van der Waals surface area contributed by atoms with Crippen molar-refractivity contribution in [3.8, 4) is 5.75 Å². The number of ether oxygens (including phenoxy) is 1. The van der Waals surface area contributed by atoms with Crippen LogP contribution in [0.5, 0.6) is 5.75 Å². The van der Waals surface area contributed by atoms with Gasteiger partial charge in [0.15, 0.2) is 5.78 Å². The number of allylic oxidation sites excluding steroid dienone is 1. The highest BCUT2D eigenvalue weighted by Crippen LogP contribution is 2.19. The molecule has 96 valence electrons. The van der Waals surface area contributed by atoms with Gasteiger partial charge in [0.25, 0.3) is 0 Å². The first-order valence-electron chi connectivity index (χ1n) is 6.30. The SMILES string of the molecule is CCOc1ccccc1/C=C/C(=O)c1ccccc1. The molecule has 19 heavy (non-hydrogen) atoms. The number of hydrogen-bond acceptors (Lipinski definition) is 2. The summed E-state index contributed by atoms with van der Waals surface area (Å²) in [6, 6.07) is 16.9. The predicted octanol–water partition coefficient (Wildman–Crippen LogP) is 3.98. The van der Waals surface area contributed by atoms with Crippen LogP contribution in [0.1, 0.15) is 22.8 Å². The van der Waals surface area contributed by atoms with Crippen molar-refractivity contribution in [2.75, 3.05) is 6.61 Å². The largest absolute Gasteiger partial charge is 0.493 e. The van der Waals surface area contributed by atoms with E-state index in [-0.39, 0.29) is 5.78 Å². The van der Waals surface area contributed by atoms with E-state index in [0.29, 0.717) is 12.2 Å². The molecule has 2 heteroatoms. The van der Waals surface area contributed by atoms with Crippen molar-refractivity contribution in [3.63, 3.8) is 0 Å². The number of hydrogen-bond donors (Lipinski definition) is 0. The van der Waals surface area contributed by atoms with Crippen LogP contribution in [0.25, 0.3) is 6.08 Å². The summed E-state index contributed by atoms with van der Waals surface area (Å²) in [4.78, 5) is 12.0. The Bertz CT molecular complexity index is 571. The zero-order chi connectivity index (χ0) is 13.5. The van der Waals surface area contributed by atoms with Crippen molar-refractivity contribution < 1.29 is 9.53 Å². The van der Waals surface area contributed by atoms with Gasteiger partial charge >= 0.3 is 0 Å². The molecule has 2 aromatic carbocycles. The maximum absolute atomic E-state index is 12.0. The molecule has 2 aromatic rings. The Morgan fingerprint density at radius 3 is 2.47 bits per heavy atom. The molecule has 0 heterocycles. The van der Waals surface area contributed by atoms with Gasteiger partial charge < -0.3 is 4.74 Å². The van der Waals surface area contributed by atoms with E-state index in [2.05, 4.69) is 0 Å². The van der Waals surface area contributed by atoms with Gasteiger partial charge in [0.1, 0.15) is 5.75 Å². The van der Waals surface area contributed by atoms with E-state index in [0.717, 1.165) is 11.3 Å². The van der Waals surface area contributed by atoms with Gasteiger partial charge in [0.2, 0.25) is 0 Å². The van der Waals surface area contributed by atoms with Crippen molar-refractivity contribution in [2.45, 2.75) is 6.92 Å². The highest BCUT2D eigenvalue weighted by molar-refractivity contribution is 6.06. The lowest BCUT2D eigenvalue weighted by molar-refractivity contribution is 0.104. The standard InChI is InChI=1S/C17H16O2/c1-2-19-17-11-7-6-10-15(17)12-13-16(18)14-8-4-3-5-9-14/h3-13H,2H2,1H3/b13-12+. The minimum atomic E-state index is -0.00750. The molecule has 0 aromatic heterocycles. The van der Waals surface area contributed by atoms with Gasteiger partial charge in [0.05, 0.1) is 6.61 Å². The Morgan fingerprint density at radius 2 is 1.74 bits per heavy atom. The molecule has 0 spiro atoms. The van der Waals surface area contributed by atoms with Crippen molar-refractivity contribution in [1.82, 2.24) is 0 Å². The van der Waals surface area contributed by atoms with E-state index in [9.17, 15) is 4.79 Å². The molecule has 0 bridgehead atoms. The number of ketones is 1. The van der Waals surface area contributed by atoms with Gasteiger partial charge in [-0.05, 0) is 25.1 Å². The van der Waals surface area contributed by atoms with Crippen molar-refractivity contribution in [1.29, 1.82) is 0 Å². The first kappa shape index (κ1) is 13.1. The molecule has 0 aliphatic carbocycles. The molecule has 0 radical (unpaired) electrons. The Labute approximate surface area is 113 Å². The third-order valence-electron chi connectivity index (χ3n) is 2.69. The monoisotopic (exact) mass is 252 g/mol. The van der Waals surface area contributed by atoms with E-state index in [4.69, 9.17) is 4.74 Å². The van der Waals surface area contributed by atoms with E-state index < -0.39 is 0 Å². The number of carbonyl (C=O) groups is 1. The predicted molar refractivity (Wildman–Crippen MR) is 77.4 cm³/mol. The Balaban J connectivity index is 2.17. The maximum Gasteiger partial charge on any atom is 0.185 e. The molecule has 0 atom stereocenters. The molecule has 0 unspecified atom stereocenters. The fourth-order valence-electron chi connectivity index (χ4n) is 1.77. The fraction of sp³-hybridized carbons (Fsp3) is 0.118. The normalized spacial score (nSPS) is 10.6. The lowest BCUT2D eigenvalue weighted by Gasteiger charge is -2.06.